The molecule has 20 heavy (non-hydrogen) atoms. The molecule has 0 aromatic heterocycles. The predicted molar refractivity (Wildman–Crippen MR) is 81.6 cm³/mol. The van der Waals surface area contributed by atoms with Crippen LogP contribution in [0.5, 0.6) is 0 Å². The second-order valence-corrected chi connectivity index (χ2v) is 6.39. The summed E-state index contributed by atoms with van der Waals surface area (Å²) < 4.78 is 13.2. The molecule has 2 aliphatic rings. The van der Waals surface area contributed by atoms with Crippen molar-refractivity contribution in [2.24, 2.45) is 0 Å². The number of anilines is 1. The Morgan fingerprint density at radius 1 is 1.20 bits per heavy atom. The van der Waals surface area contributed by atoms with Gasteiger partial charge in [-0.3, -0.25) is 0 Å². The fraction of sp³-hybridized carbons (Fsp3) is 0.647. The Balaban J connectivity index is 1.82. The first kappa shape index (κ1) is 13.9. The van der Waals surface area contributed by atoms with Crippen LogP contribution in [0.2, 0.25) is 0 Å². The van der Waals surface area contributed by atoms with Crippen molar-refractivity contribution in [2.45, 2.75) is 57.0 Å². The van der Waals surface area contributed by atoms with E-state index in [0.717, 1.165) is 19.5 Å². The first-order chi connectivity index (χ1) is 9.72. The first-order valence-electron chi connectivity index (χ1n) is 8.00. The van der Waals surface area contributed by atoms with Crippen LogP contribution in [-0.4, -0.2) is 24.7 Å². The lowest BCUT2D eigenvalue weighted by atomic mass is 9.79. The van der Waals surface area contributed by atoms with Gasteiger partial charge in [0.25, 0.3) is 0 Å². The van der Waals surface area contributed by atoms with Gasteiger partial charge < -0.3 is 10.2 Å². The summed E-state index contributed by atoms with van der Waals surface area (Å²) in [6, 6.07) is 7.54. The van der Waals surface area contributed by atoms with Crippen molar-refractivity contribution >= 4 is 5.69 Å². The second kappa shape index (κ2) is 5.72. The number of rotatable bonds is 2. The summed E-state index contributed by atoms with van der Waals surface area (Å²) in [5.41, 5.74) is 1.46. The molecule has 2 nitrogen and oxygen atoms in total. The largest absolute Gasteiger partial charge is 0.365 e. The van der Waals surface area contributed by atoms with Crippen molar-refractivity contribution in [3.63, 3.8) is 0 Å². The lowest BCUT2D eigenvalue weighted by Gasteiger charge is -2.50. The maximum atomic E-state index is 13.2. The molecule has 110 valence electrons. The predicted octanol–water partition coefficient (Wildman–Crippen LogP) is 3.72. The molecule has 0 radical (unpaired) electrons. The van der Waals surface area contributed by atoms with E-state index in [1.807, 2.05) is 12.1 Å². The summed E-state index contributed by atoms with van der Waals surface area (Å²) in [5, 5.41) is 3.83. The topological polar surface area (TPSA) is 15.3 Å². The highest BCUT2D eigenvalue weighted by Gasteiger charge is 2.39. The van der Waals surface area contributed by atoms with Crippen molar-refractivity contribution in [1.82, 2.24) is 5.32 Å². The molecule has 1 heterocycles. The van der Waals surface area contributed by atoms with Crippen LogP contribution < -0.4 is 10.2 Å². The molecule has 1 aromatic carbocycles. The minimum atomic E-state index is -0.149. The average Bonchev–Trinajstić information content (AvgIpc) is 2.49. The zero-order chi connectivity index (χ0) is 14.0. The zero-order valence-corrected chi connectivity index (χ0v) is 12.4. The smallest absolute Gasteiger partial charge is 0.123 e. The van der Waals surface area contributed by atoms with E-state index < -0.39 is 0 Å². The van der Waals surface area contributed by atoms with Gasteiger partial charge >= 0.3 is 0 Å². The summed E-state index contributed by atoms with van der Waals surface area (Å²) in [4.78, 5) is 2.50. The highest BCUT2D eigenvalue weighted by atomic mass is 19.1. The van der Waals surface area contributed by atoms with E-state index in [2.05, 4.69) is 17.1 Å². The lowest BCUT2D eigenvalue weighted by Crippen LogP contribution is -2.65. The minimum Gasteiger partial charge on any atom is -0.365 e. The molecule has 1 saturated heterocycles. The van der Waals surface area contributed by atoms with E-state index in [0.29, 0.717) is 6.04 Å². The third kappa shape index (κ3) is 2.69. The van der Waals surface area contributed by atoms with Crippen LogP contribution in [0.25, 0.3) is 0 Å². The molecule has 1 aromatic rings. The molecule has 1 atom stereocenters. The Bertz CT molecular complexity index is 437. The Morgan fingerprint density at radius 3 is 2.55 bits per heavy atom. The van der Waals surface area contributed by atoms with E-state index in [1.54, 1.807) is 12.1 Å². The second-order valence-electron chi connectivity index (χ2n) is 6.39. The van der Waals surface area contributed by atoms with Gasteiger partial charge in [-0.15, -0.1) is 0 Å². The van der Waals surface area contributed by atoms with Gasteiger partial charge in [0.05, 0.1) is 0 Å². The highest BCUT2D eigenvalue weighted by molar-refractivity contribution is 5.49. The lowest BCUT2D eigenvalue weighted by molar-refractivity contribution is 0.196. The molecular weight excluding hydrogens is 251 g/mol. The van der Waals surface area contributed by atoms with Crippen LogP contribution in [0, 0.1) is 5.82 Å². The minimum absolute atomic E-state index is 0.149. The van der Waals surface area contributed by atoms with Crippen molar-refractivity contribution in [2.75, 3.05) is 18.0 Å². The summed E-state index contributed by atoms with van der Waals surface area (Å²) in [6.07, 6.45) is 7.72. The van der Waals surface area contributed by atoms with Crippen LogP contribution in [0.3, 0.4) is 0 Å². The first-order valence-corrected chi connectivity index (χ1v) is 8.00. The van der Waals surface area contributed by atoms with Crippen LogP contribution in [-0.2, 0) is 0 Å². The van der Waals surface area contributed by atoms with Crippen molar-refractivity contribution < 1.29 is 4.39 Å². The maximum absolute atomic E-state index is 13.2. The number of nitrogens with zero attached hydrogens (tertiary/aromatic N) is 1. The number of nitrogens with one attached hydrogen (secondary N) is 1. The molecule has 0 amide bonds. The van der Waals surface area contributed by atoms with Gasteiger partial charge in [-0.2, -0.15) is 0 Å². The summed E-state index contributed by atoms with van der Waals surface area (Å²) in [6.45, 7) is 4.35. The third-order valence-corrected chi connectivity index (χ3v) is 5.07. The summed E-state index contributed by atoms with van der Waals surface area (Å²) in [7, 11) is 0. The average molecular weight is 276 g/mol. The van der Waals surface area contributed by atoms with Gasteiger partial charge in [0.2, 0.25) is 0 Å². The van der Waals surface area contributed by atoms with Gasteiger partial charge in [-0.05, 0) is 43.5 Å². The monoisotopic (exact) mass is 276 g/mol. The Labute approximate surface area is 121 Å². The Kier molecular flexibility index (Phi) is 3.97. The van der Waals surface area contributed by atoms with Gasteiger partial charge in [-0.25, -0.2) is 4.39 Å². The van der Waals surface area contributed by atoms with Crippen molar-refractivity contribution in [1.29, 1.82) is 0 Å². The molecule has 3 heteroatoms. The summed E-state index contributed by atoms with van der Waals surface area (Å²) >= 11 is 0. The maximum Gasteiger partial charge on any atom is 0.123 e. The number of piperazine rings is 1. The van der Waals surface area contributed by atoms with E-state index in [-0.39, 0.29) is 11.4 Å². The van der Waals surface area contributed by atoms with Crippen LogP contribution in [0.1, 0.15) is 45.4 Å². The SMILES string of the molecule is CCC1CNC2(CCCCC2)CN1c1ccc(F)cc1. The normalized spacial score (nSPS) is 25.9. The Morgan fingerprint density at radius 2 is 1.90 bits per heavy atom. The quantitative estimate of drug-likeness (QED) is 0.885. The number of hydrogen-bond acceptors (Lipinski definition) is 2. The Hall–Kier alpha value is -1.09. The van der Waals surface area contributed by atoms with E-state index in [4.69, 9.17) is 0 Å². The zero-order valence-electron chi connectivity index (χ0n) is 12.4. The molecule has 2 fully saturated rings. The fourth-order valence-corrected chi connectivity index (χ4v) is 3.82. The summed E-state index contributed by atoms with van der Waals surface area (Å²) in [5.74, 6) is -0.149. The van der Waals surface area contributed by atoms with Gasteiger partial charge in [0.1, 0.15) is 5.82 Å². The van der Waals surface area contributed by atoms with E-state index in [9.17, 15) is 4.39 Å². The van der Waals surface area contributed by atoms with Gasteiger partial charge in [0, 0.05) is 30.4 Å². The van der Waals surface area contributed by atoms with Crippen LogP contribution >= 0.6 is 0 Å². The number of benzene rings is 1. The molecule has 1 saturated carbocycles. The molecule has 0 bridgehead atoms. The fourth-order valence-electron chi connectivity index (χ4n) is 3.82. The van der Waals surface area contributed by atoms with Crippen LogP contribution in [0.4, 0.5) is 10.1 Å². The van der Waals surface area contributed by atoms with Crippen molar-refractivity contribution in [3.8, 4) is 0 Å². The molecule has 1 N–H and O–H groups in total. The van der Waals surface area contributed by atoms with Gasteiger partial charge in [0.15, 0.2) is 0 Å². The van der Waals surface area contributed by atoms with E-state index in [1.165, 1.54) is 37.8 Å². The molecule has 1 aliphatic heterocycles. The molecule has 1 spiro atoms. The standard InChI is InChI=1S/C17H25FN2/c1-2-15-12-19-17(10-4-3-5-11-17)13-20(15)16-8-6-14(18)7-9-16/h6-9,15,19H,2-5,10-13H2,1H3. The van der Waals surface area contributed by atoms with Crippen molar-refractivity contribution in [3.05, 3.63) is 30.1 Å². The molecule has 1 unspecified atom stereocenters. The highest BCUT2D eigenvalue weighted by Crippen LogP contribution is 2.34. The van der Waals surface area contributed by atoms with Crippen LogP contribution in [0.15, 0.2) is 24.3 Å². The molecule has 3 rings (SSSR count). The number of hydrogen-bond donors (Lipinski definition) is 1. The molecular formula is C17H25FN2. The van der Waals surface area contributed by atoms with Gasteiger partial charge in [-0.1, -0.05) is 26.2 Å². The molecule has 1 aliphatic carbocycles. The third-order valence-electron chi connectivity index (χ3n) is 5.07. The number of halogens is 1. The van der Waals surface area contributed by atoms with E-state index >= 15 is 0 Å².